The van der Waals surface area contributed by atoms with E-state index in [-0.39, 0.29) is 13.1 Å². The molecular formula is C22H22F4N2O2. The topological polar surface area (TPSA) is 58.2 Å². The van der Waals surface area contributed by atoms with Crippen LogP contribution in [-0.4, -0.2) is 23.7 Å². The minimum Gasteiger partial charge on any atom is -0.346 e. The van der Waals surface area contributed by atoms with Gasteiger partial charge >= 0.3 is 11.8 Å². The monoisotopic (exact) mass is 422 g/mol. The van der Waals surface area contributed by atoms with E-state index in [4.69, 9.17) is 0 Å². The molecule has 0 atom stereocenters. The van der Waals surface area contributed by atoms with Gasteiger partial charge in [0.25, 0.3) is 11.8 Å². The number of halogens is 4. The molecule has 8 heteroatoms. The van der Waals surface area contributed by atoms with Gasteiger partial charge in [-0.3, -0.25) is 9.59 Å². The molecule has 2 N–H and O–H groups in total. The zero-order valence-corrected chi connectivity index (χ0v) is 16.5. The van der Waals surface area contributed by atoms with Crippen molar-refractivity contribution < 1.29 is 27.2 Å². The third-order valence-corrected chi connectivity index (χ3v) is 4.67. The number of hydrogen-bond acceptors (Lipinski definition) is 2. The van der Waals surface area contributed by atoms with Crippen molar-refractivity contribution >= 4 is 11.8 Å². The molecule has 0 heterocycles. The van der Waals surface area contributed by atoms with Crippen LogP contribution in [0.2, 0.25) is 0 Å². The highest BCUT2D eigenvalue weighted by atomic mass is 19.3. The lowest BCUT2D eigenvalue weighted by Gasteiger charge is -2.23. The first-order valence-corrected chi connectivity index (χ1v) is 9.15. The van der Waals surface area contributed by atoms with Crippen LogP contribution >= 0.6 is 0 Å². The average Bonchev–Trinajstić information content (AvgIpc) is 2.75. The number of alkyl halides is 4. The fourth-order valence-electron chi connectivity index (χ4n) is 2.59. The smallest absolute Gasteiger partial charge is 0.346 e. The van der Waals surface area contributed by atoms with Crippen LogP contribution < -0.4 is 10.6 Å². The van der Waals surface area contributed by atoms with Gasteiger partial charge in [0, 0.05) is 24.2 Å². The Morgan fingerprint density at radius 1 is 0.667 bits per heavy atom. The van der Waals surface area contributed by atoms with Gasteiger partial charge in [-0.2, -0.15) is 17.6 Å². The molecule has 0 aliphatic rings. The van der Waals surface area contributed by atoms with Gasteiger partial charge in [-0.05, 0) is 25.0 Å². The largest absolute Gasteiger partial charge is 0.346 e. The van der Waals surface area contributed by atoms with Gasteiger partial charge in [-0.25, -0.2) is 0 Å². The maximum Gasteiger partial charge on any atom is 0.346 e. The summed E-state index contributed by atoms with van der Waals surface area (Å²) in [6, 6.07) is 16.6. The minimum absolute atomic E-state index is 0.185. The van der Waals surface area contributed by atoms with E-state index in [1.165, 1.54) is 0 Å². The standard InChI is InChI=1S/C22H22F4N2O2/c1-15(21(23,24)19(29)27-13-17-9-5-3-6-10-17)16(2)22(25,26)20(30)28-14-18-11-7-4-8-12-18/h3-12H,13-14H2,1-2H3,(H,27,29)(H,28,30)/b16-15-. The molecule has 2 aromatic carbocycles. The highest BCUT2D eigenvalue weighted by Gasteiger charge is 2.48. The second-order valence-corrected chi connectivity index (χ2v) is 6.74. The van der Waals surface area contributed by atoms with E-state index in [9.17, 15) is 27.2 Å². The molecule has 0 saturated carbocycles. The zero-order valence-electron chi connectivity index (χ0n) is 16.5. The molecule has 0 fully saturated rings. The Hall–Kier alpha value is -3.16. The summed E-state index contributed by atoms with van der Waals surface area (Å²) >= 11 is 0. The summed E-state index contributed by atoms with van der Waals surface area (Å²) in [6.07, 6.45) is 0. The van der Waals surface area contributed by atoms with Gasteiger partial charge in [-0.1, -0.05) is 60.7 Å². The number of hydrogen-bond donors (Lipinski definition) is 2. The number of nitrogens with one attached hydrogen (secondary N) is 2. The highest BCUT2D eigenvalue weighted by molar-refractivity contribution is 5.90. The van der Waals surface area contributed by atoms with Crippen LogP contribution in [0.25, 0.3) is 0 Å². The molecule has 30 heavy (non-hydrogen) atoms. The van der Waals surface area contributed by atoms with Gasteiger partial charge in [0.15, 0.2) is 0 Å². The van der Waals surface area contributed by atoms with Crippen LogP contribution in [0.4, 0.5) is 17.6 Å². The summed E-state index contributed by atoms with van der Waals surface area (Å²) in [7, 11) is 0. The van der Waals surface area contributed by atoms with Crippen LogP contribution in [-0.2, 0) is 22.7 Å². The summed E-state index contributed by atoms with van der Waals surface area (Å²) in [4.78, 5) is 23.9. The molecule has 0 aromatic heterocycles. The lowest BCUT2D eigenvalue weighted by molar-refractivity contribution is -0.144. The second kappa shape index (κ2) is 9.56. The molecule has 0 bridgehead atoms. The quantitative estimate of drug-likeness (QED) is 0.494. The lowest BCUT2D eigenvalue weighted by Crippen LogP contribution is -2.45. The molecule has 2 aromatic rings. The normalized spacial score (nSPS) is 12.7. The SMILES string of the molecule is C/C(=C(\C)C(F)(F)C(=O)NCc1ccccc1)C(F)(F)C(=O)NCc1ccccc1. The van der Waals surface area contributed by atoms with Crippen LogP contribution in [0.5, 0.6) is 0 Å². The Morgan fingerprint density at radius 3 is 1.27 bits per heavy atom. The van der Waals surface area contributed by atoms with Crippen molar-refractivity contribution in [2.75, 3.05) is 0 Å². The summed E-state index contributed by atoms with van der Waals surface area (Å²) in [5.41, 5.74) is -1.20. The van der Waals surface area contributed by atoms with Gasteiger partial charge in [0.1, 0.15) is 0 Å². The molecule has 2 rings (SSSR count). The molecule has 0 saturated heterocycles. The van der Waals surface area contributed by atoms with E-state index >= 15 is 0 Å². The van der Waals surface area contributed by atoms with Gasteiger partial charge in [-0.15, -0.1) is 0 Å². The Bertz CT molecular complexity index is 838. The van der Waals surface area contributed by atoms with Crippen molar-refractivity contribution in [1.82, 2.24) is 10.6 Å². The lowest BCUT2D eigenvalue weighted by atomic mass is 9.98. The van der Waals surface area contributed by atoms with Gasteiger partial charge in [0.2, 0.25) is 0 Å². The predicted molar refractivity (Wildman–Crippen MR) is 105 cm³/mol. The van der Waals surface area contributed by atoms with Crippen LogP contribution in [0.1, 0.15) is 25.0 Å². The predicted octanol–water partition coefficient (Wildman–Crippen LogP) is 4.23. The summed E-state index contributed by atoms with van der Waals surface area (Å²) in [5, 5.41) is 4.07. The first-order chi connectivity index (χ1) is 14.1. The third-order valence-electron chi connectivity index (χ3n) is 4.67. The van der Waals surface area contributed by atoms with E-state index in [0.717, 1.165) is 13.8 Å². The Kier molecular flexibility index (Phi) is 7.37. The molecular weight excluding hydrogens is 400 g/mol. The van der Waals surface area contributed by atoms with E-state index in [0.29, 0.717) is 11.1 Å². The van der Waals surface area contributed by atoms with Crippen molar-refractivity contribution in [2.24, 2.45) is 0 Å². The van der Waals surface area contributed by atoms with E-state index in [1.54, 1.807) is 60.7 Å². The molecule has 4 nitrogen and oxygen atoms in total. The number of benzene rings is 2. The van der Waals surface area contributed by atoms with Crippen molar-refractivity contribution in [2.45, 2.75) is 38.8 Å². The minimum atomic E-state index is -4.21. The number of carbonyl (C=O) groups excluding carboxylic acids is 2. The Labute approximate surface area is 172 Å². The summed E-state index contributed by atoms with van der Waals surface area (Å²) < 4.78 is 57.9. The van der Waals surface area contributed by atoms with Gasteiger partial charge in [0.05, 0.1) is 0 Å². The number of carbonyl (C=O) groups is 2. The van der Waals surface area contributed by atoms with E-state index in [2.05, 4.69) is 0 Å². The maximum absolute atomic E-state index is 14.5. The average molecular weight is 422 g/mol. The van der Waals surface area contributed by atoms with E-state index < -0.39 is 34.8 Å². The molecule has 0 spiro atoms. The van der Waals surface area contributed by atoms with Crippen LogP contribution in [0, 0.1) is 0 Å². The van der Waals surface area contributed by atoms with E-state index in [1.807, 2.05) is 10.6 Å². The second-order valence-electron chi connectivity index (χ2n) is 6.74. The van der Waals surface area contributed by atoms with Crippen LogP contribution in [0.15, 0.2) is 71.8 Å². The molecule has 0 aliphatic carbocycles. The summed E-state index contributed by atoms with van der Waals surface area (Å²) in [5.74, 6) is -11.9. The zero-order chi connectivity index (χ0) is 22.4. The molecule has 0 aliphatic heterocycles. The van der Waals surface area contributed by atoms with Crippen LogP contribution in [0.3, 0.4) is 0 Å². The fourth-order valence-corrected chi connectivity index (χ4v) is 2.59. The van der Waals surface area contributed by atoms with Crippen molar-refractivity contribution in [1.29, 1.82) is 0 Å². The first kappa shape index (κ1) is 23.1. The molecule has 160 valence electrons. The summed E-state index contributed by atoms with van der Waals surface area (Å²) in [6.45, 7) is 1.07. The highest BCUT2D eigenvalue weighted by Crippen LogP contribution is 2.34. The molecule has 2 amide bonds. The molecule has 0 radical (unpaired) electrons. The molecule has 0 unspecified atom stereocenters. The Balaban J connectivity index is 2.10. The number of amides is 2. The van der Waals surface area contributed by atoms with Crippen molar-refractivity contribution in [3.8, 4) is 0 Å². The maximum atomic E-state index is 14.5. The third kappa shape index (κ3) is 5.46. The number of rotatable bonds is 8. The van der Waals surface area contributed by atoms with Crippen molar-refractivity contribution in [3.05, 3.63) is 82.9 Å². The van der Waals surface area contributed by atoms with Crippen molar-refractivity contribution in [3.63, 3.8) is 0 Å². The Morgan fingerprint density at radius 2 is 0.967 bits per heavy atom. The first-order valence-electron chi connectivity index (χ1n) is 9.15. The van der Waals surface area contributed by atoms with Gasteiger partial charge < -0.3 is 10.6 Å². The fraction of sp³-hybridized carbons (Fsp3) is 0.273.